The molecule has 2 atom stereocenters. The van der Waals surface area contributed by atoms with E-state index in [-0.39, 0.29) is 23.8 Å². The predicted octanol–water partition coefficient (Wildman–Crippen LogP) is 5.85. The van der Waals surface area contributed by atoms with Crippen LogP contribution in [0, 0.1) is 12.7 Å². The smallest absolute Gasteiger partial charge is 0.224 e. The summed E-state index contributed by atoms with van der Waals surface area (Å²) in [6.07, 6.45) is 4.15. The number of pyridine rings is 1. The minimum absolute atomic E-state index is 0.0329. The van der Waals surface area contributed by atoms with Crippen molar-refractivity contribution in [3.8, 4) is 5.69 Å². The number of nitrogens with zero attached hydrogens (tertiary/aromatic N) is 3. The van der Waals surface area contributed by atoms with Gasteiger partial charge in [-0.05, 0) is 91.4 Å². The minimum atomic E-state index is -0.283. The van der Waals surface area contributed by atoms with E-state index in [1.54, 1.807) is 18.3 Å². The number of rotatable bonds is 6. The highest BCUT2D eigenvalue weighted by molar-refractivity contribution is 7.80. The van der Waals surface area contributed by atoms with Crippen LogP contribution >= 0.6 is 12.2 Å². The van der Waals surface area contributed by atoms with E-state index in [1.807, 2.05) is 67.1 Å². The minimum Gasteiger partial charge on any atom is -0.351 e. The molecule has 1 fully saturated rings. The first-order valence-corrected chi connectivity index (χ1v) is 12.2. The average Bonchev–Trinajstić information content (AvgIpc) is 3.50. The third-order valence-electron chi connectivity index (χ3n) is 6.37. The highest BCUT2D eigenvalue weighted by Gasteiger charge is 2.42. The molecule has 0 bridgehead atoms. The number of carbonyl (C=O) groups is 1. The van der Waals surface area contributed by atoms with Crippen LogP contribution in [-0.2, 0) is 4.79 Å². The zero-order valence-corrected chi connectivity index (χ0v) is 20.8. The van der Waals surface area contributed by atoms with Gasteiger partial charge in [0.15, 0.2) is 5.11 Å². The number of anilines is 2. The highest BCUT2D eigenvalue weighted by Crippen LogP contribution is 2.42. The molecule has 1 aliphatic rings. The number of hydrogen-bond donors (Lipinski definition) is 2. The summed E-state index contributed by atoms with van der Waals surface area (Å²) in [4.78, 5) is 18.6. The van der Waals surface area contributed by atoms with Crippen molar-refractivity contribution in [2.45, 2.75) is 32.4 Å². The van der Waals surface area contributed by atoms with Gasteiger partial charge in [0, 0.05) is 41.6 Å². The maximum absolute atomic E-state index is 13.6. The third-order valence-corrected chi connectivity index (χ3v) is 6.68. The van der Waals surface area contributed by atoms with Crippen molar-refractivity contribution < 1.29 is 9.18 Å². The summed E-state index contributed by atoms with van der Waals surface area (Å²) in [5, 5.41) is 7.00. The third kappa shape index (κ3) is 4.47. The van der Waals surface area contributed by atoms with Crippen LogP contribution in [0.15, 0.2) is 85.2 Å². The molecule has 0 unspecified atom stereocenters. The second-order valence-corrected chi connectivity index (χ2v) is 9.06. The molecule has 2 aromatic carbocycles. The van der Waals surface area contributed by atoms with Crippen LogP contribution in [0.4, 0.5) is 15.8 Å². The Morgan fingerprint density at radius 3 is 2.56 bits per heavy atom. The molecule has 8 heteroatoms. The molecular formula is C28H26FN5OS. The Labute approximate surface area is 214 Å². The number of hydrogen-bond acceptors (Lipinski definition) is 3. The molecule has 182 valence electrons. The monoisotopic (exact) mass is 499 g/mol. The van der Waals surface area contributed by atoms with Crippen molar-refractivity contribution in [2.24, 2.45) is 0 Å². The normalized spacial score (nSPS) is 17.2. The van der Waals surface area contributed by atoms with Crippen LogP contribution in [0.25, 0.3) is 5.69 Å². The molecule has 1 saturated heterocycles. The summed E-state index contributed by atoms with van der Waals surface area (Å²) in [5.41, 5.74) is 5.30. The van der Waals surface area contributed by atoms with Crippen LogP contribution in [0.3, 0.4) is 0 Å². The standard InChI is InChI=1S/C28H26FN5OS/c1-3-25(35)31-22-14-13-21(17-18(22)2)34-27(26(32-28(34)36)23-7-4-5-15-30-23)24-8-6-16-33(24)20-11-9-19(29)10-12-20/h4-17,26-27H,3H2,1-2H3,(H,31,35)(H,32,36)/t26-,27+/m0/s1. The summed E-state index contributed by atoms with van der Waals surface area (Å²) in [5.74, 6) is -0.315. The van der Waals surface area contributed by atoms with E-state index in [0.29, 0.717) is 11.5 Å². The molecule has 2 aromatic heterocycles. The Bertz CT molecular complexity index is 1400. The molecular weight excluding hydrogens is 473 g/mol. The fraction of sp³-hybridized carbons (Fsp3) is 0.179. The molecule has 0 spiro atoms. The summed E-state index contributed by atoms with van der Waals surface area (Å²) in [7, 11) is 0. The van der Waals surface area contributed by atoms with E-state index in [9.17, 15) is 9.18 Å². The molecule has 6 nitrogen and oxygen atoms in total. The van der Waals surface area contributed by atoms with Gasteiger partial charge >= 0.3 is 0 Å². The van der Waals surface area contributed by atoms with Gasteiger partial charge in [-0.2, -0.15) is 0 Å². The molecule has 0 radical (unpaired) electrons. The molecule has 1 aliphatic heterocycles. The maximum Gasteiger partial charge on any atom is 0.224 e. The topological polar surface area (TPSA) is 62.2 Å². The molecule has 3 heterocycles. The van der Waals surface area contributed by atoms with Gasteiger partial charge in [-0.1, -0.05) is 13.0 Å². The Balaban J connectivity index is 1.61. The number of thiocarbonyl (C=S) groups is 1. The fourth-order valence-corrected chi connectivity index (χ4v) is 4.93. The summed E-state index contributed by atoms with van der Waals surface area (Å²) >= 11 is 5.85. The Morgan fingerprint density at radius 2 is 1.86 bits per heavy atom. The van der Waals surface area contributed by atoms with Gasteiger partial charge in [0.25, 0.3) is 0 Å². The largest absolute Gasteiger partial charge is 0.351 e. The van der Waals surface area contributed by atoms with Gasteiger partial charge < -0.3 is 20.1 Å². The Morgan fingerprint density at radius 1 is 1.08 bits per heavy atom. The quantitative estimate of drug-likeness (QED) is 0.326. The molecule has 4 aromatic rings. The van der Waals surface area contributed by atoms with Crippen molar-refractivity contribution in [3.05, 3.63) is 108 Å². The molecule has 2 N–H and O–H groups in total. The van der Waals surface area contributed by atoms with Crippen molar-refractivity contribution in [1.29, 1.82) is 0 Å². The predicted molar refractivity (Wildman–Crippen MR) is 144 cm³/mol. The maximum atomic E-state index is 13.6. The SMILES string of the molecule is CCC(=O)Nc1ccc(N2C(=S)N[C@@H](c3ccccn3)[C@H]2c2cccn2-c2ccc(F)cc2)cc1C. The Kier molecular flexibility index (Phi) is 6.52. The first-order valence-electron chi connectivity index (χ1n) is 11.8. The lowest BCUT2D eigenvalue weighted by atomic mass is 10.00. The molecule has 0 aliphatic carbocycles. The number of nitrogens with one attached hydrogen (secondary N) is 2. The lowest BCUT2D eigenvalue weighted by Gasteiger charge is -2.29. The van der Waals surface area contributed by atoms with E-state index in [2.05, 4.69) is 26.6 Å². The second kappa shape index (κ2) is 9.91. The van der Waals surface area contributed by atoms with E-state index in [0.717, 1.165) is 34.0 Å². The van der Waals surface area contributed by atoms with E-state index in [4.69, 9.17) is 12.2 Å². The number of benzene rings is 2. The van der Waals surface area contributed by atoms with Crippen molar-refractivity contribution >= 4 is 34.6 Å². The lowest BCUT2D eigenvalue weighted by molar-refractivity contribution is -0.115. The molecule has 36 heavy (non-hydrogen) atoms. The van der Waals surface area contributed by atoms with E-state index in [1.165, 1.54) is 12.1 Å². The van der Waals surface area contributed by atoms with Gasteiger partial charge in [-0.25, -0.2) is 4.39 Å². The second-order valence-electron chi connectivity index (χ2n) is 8.68. The van der Waals surface area contributed by atoms with E-state index < -0.39 is 0 Å². The number of aromatic nitrogens is 2. The van der Waals surface area contributed by atoms with Gasteiger partial charge in [0.05, 0.1) is 11.7 Å². The Hall–Kier alpha value is -4.04. The van der Waals surface area contributed by atoms with E-state index >= 15 is 0 Å². The van der Waals surface area contributed by atoms with Crippen LogP contribution in [0.5, 0.6) is 0 Å². The number of halogens is 1. The van der Waals surface area contributed by atoms with Gasteiger partial charge in [0.1, 0.15) is 11.9 Å². The molecule has 0 saturated carbocycles. The summed E-state index contributed by atoms with van der Waals surface area (Å²) in [6, 6.07) is 21.7. The highest BCUT2D eigenvalue weighted by atomic mass is 32.1. The first kappa shape index (κ1) is 23.7. The molecule has 1 amide bonds. The van der Waals surface area contributed by atoms with Crippen LogP contribution in [0.2, 0.25) is 0 Å². The number of amides is 1. The van der Waals surface area contributed by atoms with Crippen LogP contribution < -0.4 is 15.5 Å². The van der Waals surface area contributed by atoms with Gasteiger partial charge in [-0.3, -0.25) is 9.78 Å². The number of carbonyl (C=O) groups excluding carboxylic acids is 1. The zero-order valence-electron chi connectivity index (χ0n) is 20.0. The number of aryl methyl sites for hydroxylation is 1. The lowest BCUT2D eigenvalue weighted by Crippen LogP contribution is -2.30. The van der Waals surface area contributed by atoms with Crippen molar-refractivity contribution in [1.82, 2.24) is 14.9 Å². The van der Waals surface area contributed by atoms with Gasteiger partial charge in [-0.15, -0.1) is 0 Å². The zero-order chi connectivity index (χ0) is 25.2. The van der Waals surface area contributed by atoms with Crippen molar-refractivity contribution in [2.75, 3.05) is 10.2 Å². The summed E-state index contributed by atoms with van der Waals surface area (Å²) < 4.78 is 15.7. The summed E-state index contributed by atoms with van der Waals surface area (Å²) in [6.45, 7) is 3.79. The van der Waals surface area contributed by atoms with Crippen LogP contribution in [-0.4, -0.2) is 20.6 Å². The average molecular weight is 500 g/mol. The first-order chi connectivity index (χ1) is 17.5. The van der Waals surface area contributed by atoms with Gasteiger partial charge in [0.2, 0.25) is 5.91 Å². The van der Waals surface area contributed by atoms with Crippen molar-refractivity contribution in [3.63, 3.8) is 0 Å². The van der Waals surface area contributed by atoms with Crippen LogP contribution in [0.1, 0.15) is 42.4 Å². The fourth-order valence-electron chi connectivity index (χ4n) is 4.58. The molecule has 5 rings (SSSR count).